The standard InChI is InChI=1S/C13H16N2O2/c1-3-5-11-14-12(13(16)17)10-7-6-9(4-2)8-15(10)11/h6-8H,3-5H2,1-2H3,(H,16,17). The van der Waals surface area contributed by atoms with Crippen LogP contribution in [-0.2, 0) is 12.8 Å². The van der Waals surface area contributed by atoms with Gasteiger partial charge in [-0.05, 0) is 24.5 Å². The lowest BCUT2D eigenvalue weighted by molar-refractivity contribution is 0.0693. The van der Waals surface area contributed by atoms with E-state index in [9.17, 15) is 4.79 Å². The van der Waals surface area contributed by atoms with Gasteiger partial charge in [0.25, 0.3) is 0 Å². The molecule has 0 aliphatic carbocycles. The van der Waals surface area contributed by atoms with E-state index in [4.69, 9.17) is 5.11 Å². The maximum atomic E-state index is 11.1. The van der Waals surface area contributed by atoms with Crippen LogP contribution in [0.25, 0.3) is 5.52 Å². The average Bonchev–Trinajstić information content (AvgIpc) is 2.68. The van der Waals surface area contributed by atoms with E-state index in [2.05, 4.69) is 18.8 Å². The predicted molar refractivity (Wildman–Crippen MR) is 65.5 cm³/mol. The van der Waals surface area contributed by atoms with Crippen LogP contribution >= 0.6 is 0 Å². The highest BCUT2D eigenvalue weighted by molar-refractivity contribution is 5.93. The van der Waals surface area contributed by atoms with E-state index < -0.39 is 5.97 Å². The first kappa shape index (κ1) is 11.6. The summed E-state index contributed by atoms with van der Waals surface area (Å²) in [5.41, 5.74) is 2.01. The highest BCUT2D eigenvalue weighted by Gasteiger charge is 2.15. The molecular weight excluding hydrogens is 216 g/mol. The fourth-order valence-electron chi connectivity index (χ4n) is 1.96. The SMILES string of the molecule is CCCc1nc(C(=O)O)c2ccc(CC)cn12. The monoisotopic (exact) mass is 232 g/mol. The van der Waals surface area contributed by atoms with Crippen LogP contribution < -0.4 is 0 Å². The van der Waals surface area contributed by atoms with Crippen LogP contribution in [0.5, 0.6) is 0 Å². The summed E-state index contributed by atoms with van der Waals surface area (Å²) >= 11 is 0. The molecule has 0 radical (unpaired) electrons. The number of hydrogen-bond acceptors (Lipinski definition) is 2. The Morgan fingerprint density at radius 2 is 2.18 bits per heavy atom. The lowest BCUT2D eigenvalue weighted by atomic mass is 10.2. The van der Waals surface area contributed by atoms with Gasteiger partial charge in [0.1, 0.15) is 5.82 Å². The van der Waals surface area contributed by atoms with E-state index >= 15 is 0 Å². The Labute approximate surface area is 99.9 Å². The molecule has 0 fully saturated rings. The predicted octanol–water partition coefficient (Wildman–Crippen LogP) is 2.55. The number of hydrogen-bond donors (Lipinski definition) is 1. The number of rotatable bonds is 4. The Morgan fingerprint density at radius 3 is 2.76 bits per heavy atom. The molecule has 0 amide bonds. The number of aromatic carboxylic acids is 1. The molecule has 0 aromatic carbocycles. The number of carboxylic acids is 1. The third-order valence-electron chi connectivity index (χ3n) is 2.86. The molecule has 2 aromatic rings. The molecule has 2 rings (SSSR count). The summed E-state index contributed by atoms with van der Waals surface area (Å²) in [6, 6.07) is 3.80. The van der Waals surface area contributed by atoms with Gasteiger partial charge in [-0.1, -0.05) is 19.9 Å². The maximum Gasteiger partial charge on any atom is 0.356 e. The number of imidazole rings is 1. The van der Waals surface area contributed by atoms with Crippen molar-refractivity contribution in [3.63, 3.8) is 0 Å². The molecule has 0 unspecified atom stereocenters. The summed E-state index contributed by atoms with van der Waals surface area (Å²) in [7, 11) is 0. The maximum absolute atomic E-state index is 11.1. The van der Waals surface area contributed by atoms with Crippen LogP contribution in [0.15, 0.2) is 18.3 Å². The van der Waals surface area contributed by atoms with Crippen LogP contribution in [0.2, 0.25) is 0 Å². The van der Waals surface area contributed by atoms with Crippen molar-refractivity contribution in [1.29, 1.82) is 0 Å². The first-order valence-corrected chi connectivity index (χ1v) is 5.90. The van der Waals surface area contributed by atoms with Crippen LogP contribution in [0.1, 0.15) is 42.1 Å². The van der Waals surface area contributed by atoms with Gasteiger partial charge in [-0.3, -0.25) is 0 Å². The zero-order valence-electron chi connectivity index (χ0n) is 10.1. The highest BCUT2D eigenvalue weighted by atomic mass is 16.4. The molecule has 0 saturated carbocycles. The van der Waals surface area contributed by atoms with E-state index in [1.54, 1.807) is 0 Å². The fourth-order valence-corrected chi connectivity index (χ4v) is 1.96. The molecule has 4 nitrogen and oxygen atoms in total. The summed E-state index contributed by atoms with van der Waals surface area (Å²) in [5, 5.41) is 9.12. The smallest absolute Gasteiger partial charge is 0.356 e. The van der Waals surface area contributed by atoms with Crippen molar-refractivity contribution in [3.8, 4) is 0 Å². The number of carboxylic acid groups (broad SMARTS) is 1. The second-order valence-electron chi connectivity index (χ2n) is 4.08. The van der Waals surface area contributed by atoms with Gasteiger partial charge >= 0.3 is 5.97 Å². The Balaban J connectivity index is 2.67. The van der Waals surface area contributed by atoms with E-state index in [1.165, 1.54) is 5.56 Å². The van der Waals surface area contributed by atoms with Crippen LogP contribution in [0.3, 0.4) is 0 Å². The number of fused-ring (bicyclic) bond motifs is 1. The first-order chi connectivity index (χ1) is 8.17. The number of aromatic nitrogens is 2. The van der Waals surface area contributed by atoms with Gasteiger partial charge in [-0.25, -0.2) is 9.78 Å². The summed E-state index contributed by atoms with van der Waals surface area (Å²) in [6.45, 7) is 4.14. The molecule has 2 heterocycles. The van der Waals surface area contributed by atoms with Gasteiger partial charge < -0.3 is 9.51 Å². The van der Waals surface area contributed by atoms with Crippen molar-refractivity contribution < 1.29 is 9.90 Å². The third-order valence-corrected chi connectivity index (χ3v) is 2.86. The Bertz CT molecular complexity index is 558. The van der Waals surface area contributed by atoms with Gasteiger partial charge in [0, 0.05) is 12.6 Å². The van der Waals surface area contributed by atoms with Crippen molar-refractivity contribution in [2.75, 3.05) is 0 Å². The Kier molecular flexibility index (Phi) is 3.13. The van der Waals surface area contributed by atoms with Crippen LogP contribution in [-0.4, -0.2) is 20.5 Å². The number of aryl methyl sites for hydroxylation is 2. The molecular formula is C13H16N2O2. The molecule has 2 aromatic heterocycles. The number of pyridine rings is 1. The van der Waals surface area contributed by atoms with E-state index in [-0.39, 0.29) is 5.69 Å². The molecule has 4 heteroatoms. The quantitative estimate of drug-likeness (QED) is 0.881. The molecule has 1 N–H and O–H groups in total. The van der Waals surface area contributed by atoms with Crippen molar-refractivity contribution in [1.82, 2.24) is 9.38 Å². The summed E-state index contributed by atoms with van der Waals surface area (Å²) in [5.74, 6) is -0.135. The van der Waals surface area contributed by atoms with Gasteiger partial charge in [0.05, 0.1) is 5.52 Å². The molecule has 0 saturated heterocycles. The van der Waals surface area contributed by atoms with Crippen molar-refractivity contribution in [2.45, 2.75) is 33.1 Å². The van der Waals surface area contributed by atoms with Crippen molar-refractivity contribution in [2.24, 2.45) is 0 Å². The minimum absolute atomic E-state index is 0.149. The van der Waals surface area contributed by atoms with E-state index in [1.807, 2.05) is 22.7 Å². The summed E-state index contributed by atoms with van der Waals surface area (Å²) in [6.07, 6.45) is 4.66. The molecule has 0 bridgehead atoms. The number of nitrogens with zero attached hydrogens (tertiary/aromatic N) is 2. The average molecular weight is 232 g/mol. The molecule has 0 spiro atoms. The summed E-state index contributed by atoms with van der Waals surface area (Å²) < 4.78 is 1.91. The Morgan fingerprint density at radius 1 is 1.41 bits per heavy atom. The Hall–Kier alpha value is -1.84. The number of carbonyl (C=O) groups is 1. The molecule has 0 aliphatic rings. The van der Waals surface area contributed by atoms with E-state index in [0.29, 0.717) is 5.52 Å². The topological polar surface area (TPSA) is 54.6 Å². The lowest BCUT2D eigenvalue weighted by Crippen LogP contribution is -1.97. The molecule has 90 valence electrons. The van der Waals surface area contributed by atoms with Crippen molar-refractivity contribution >= 4 is 11.5 Å². The summed E-state index contributed by atoms with van der Waals surface area (Å²) in [4.78, 5) is 15.3. The fraction of sp³-hybridized carbons (Fsp3) is 0.385. The zero-order valence-corrected chi connectivity index (χ0v) is 10.1. The van der Waals surface area contributed by atoms with Crippen LogP contribution in [0.4, 0.5) is 0 Å². The zero-order chi connectivity index (χ0) is 12.4. The minimum Gasteiger partial charge on any atom is -0.476 e. The second kappa shape index (κ2) is 4.57. The lowest BCUT2D eigenvalue weighted by Gasteiger charge is -2.02. The van der Waals surface area contributed by atoms with Crippen LogP contribution in [0, 0.1) is 0 Å². The molecule has 0 aliphatic heterocycles. The third kappa shape index (κ3) is 2.02. The first-order valence-electron chi connectivity index (χ1n) is 5.90. The largest absolute Gasteiger partial charge is 0.476 e. The molecule has 17 heavy (non-hydrogen) atoms. The van der Waals surface area contributed by atoms with Crippen molar-refractivity contribution in [3.05, 3.63) is 35.4 Å². The molecule has 0 atom stereocenters. The van der Waals surface area contributed by atoms with Gasteiger partial charge in [-0.15, -0.1) is 0 Å². The van der Waals surface area contributed by atoms with Gasteiger partial charge in [-0.2, -0.15) is 0 Å². The second-order valence-corrected chi connectivity index (χ2v) is 4.08. The van der Waals surface area contributed by atoms with Gasteiger partial charge in [0.15, 0.2) is 5.69 Å². The van der Waals surface area contributed by atoms with Gasteiger partial charge in [0.2, 0.25) is 0 Å². The minimum atomic E-state index is -0.964. The van der Waals surface area contributed by atoms with E-state index in [0.717, 1.165) is 25.1 Å². The highest BCUT2D eigenvalue weighted by Crippen LogP contribution is 2.16. The normalized spacial score (nSPS) is 10.9.